The molecular weight excluding hydrogens is 206 g/mol. The third-order valence-corrected chi connectivity index (χ3v) is 2.06. The minimum atomic E-state index is -0.215. The van der Waals surface area contributed by atoms with E-state index < -0.39 is 0 Å². The molecule has 0 aliphatic rings. The van der Waals surface area contributed by atoms with E-state index in [-0.39, 0.29) is 11.5 Å². The summed E-state index contributed by atoms with van der Waals surface area (Å²) in [5, 5.41) is 18.4. The number of phenolic OH excluding ortho intramolecular Hbond substituents is 2. The van der Waals surface area contributed by atoms with Crippen LogP contribution in [0.1, 0.15) is 0 Å². The van der Waals surface area contributed by atoms with Crippen LogP contribution >= 0.6 is 0 Å². The predicted molar refractivity (Wildman–Crippen MR) is 60.7 cm³/mol. The summed E-state index contributed by atoms with van der Waals surface area (Å²) < 4.78 is 5.44. The zero-order valence-corrected chi connectivity index (χ0v) is 8.42. The Morgan fingerprint density at radius 3 is 2.06 bits per heavy atom. The van der Waals surface area contributed by atoms with Gasteiger partial charge in [0.15, 0.2) is 11.5 Å². The zero-order valence-electron chi connectivity index (χ0n) is 8.42. The van der Waals surface area contributed by atoms with Crippen molar-refractivity contribution in [3.8, 4) is 23.0 Å². The van der Waals surface area contributed by atoms with E-state index in [4.69, 9.17) is 15.6 Å². The van der Waals surface area contributed by atoms with Gasteiger partial charge in [0.25, 0.3) is 0 Å². The van der Waals surface area contributed by atoms with E-state index in [1.807, 2.05) is 0 Å². The summed E-state index contributed by atoms with van der Waals surface area (Å²) >= 11 is 0. The number of anilines is 1. The fourth-order valence-electron chi connectivity index (χ4n) is 1.24. The second-order valence-corrected chi connectivity index (χ2v) is 3.32. The predicted octanol–water partition coefficient (Wildman–Crippen LogP) is 2.47. The second-order valence-electron chi connectivity index (χ2n) is 3.32. The van der Waals surface area contributed by atoms with Crippen LogP contribution in [0.25, 0.3) is 0 Å². The van der Waals surface area contributed by atoms with Gasteiger partial charge in [-0.15, -0.1) is 0 Å². The van der Waals surface area contributed by atoms with Gasteiger partial charge < -0.3 is 20.7 Å². The van der Waals surface area contributed by atoms with E-state index >= 15 is 0 Å². The lowest BCUT2D eigenvalue weighted by molar-refractivity contribution is 0.398. The van der Waals surface area contributed by atoms with Crippen LogP contribution in [0.15, 0.2) is 42.5 Å². The highest BCUT2D eigenvalue weighted by molar-refractivity contribution is 5.46. The molecule has 0 aromatic heterocycles. The number of aromatic hydroxyl groups is 2. The van der Waals surface area contributed by atoms with Gasteiger partial charge in [-0.1, -0.05) is 0 Å². The first-order valence-electron chi connectivity index (χ1n) is 4.70. The molecule has 0 aliphatic heterocycles. The van der Waals surface area contributed by atoms with Crippen molar-refractivity contribution in [2.24, 2.45) is 0 Å². The maximum Gasteiger partial charge on any atom is 0.161 e. The van der Waals surface area contributed by atoms with Crippen LogP contribution in [-0.2, 0) is 0 Å². The molecule has 16 heavy (non-hydrogen) atoms. The minimum Gasteiger partial charge on any atom is -0.504 e. The van der Waals surface area contributed by atoms with Crippen molar-refractivity contribution in [2.75, 3.05) is 5.73 Å². The van der Waals surface area contributed by atoms with Crippen molar-refractivity contribution in [1.29, 1.82) is 0 Å². The summed E-state index contributed by atoms with van der Waals surface area (Å²) in [4.78, 5) is 0. The van der Waals surface area contributed by atoms with Crippen LogP contribution < -0.4 is 10.5 Å². The quantitative estimate of drug-likeness (QED) is 0.533. The first kappa shape index (κ1) is 10.2. The van der Waals surface area contributed by atoms with Crippen LogP contribution in [0, 0.1) is 0 Å². The molecular formula is C12H11NO3. The number of nitrogens with two attached hydrogens (primary N) is 1. The Bertz CT molecular complexity index is 494. The molecule has 2 rings (SSSR count). The van der Waals surface area contributed by atoms with Crippen LogP contribution in [0.2, 0.25) is 0 Å². The van der Waals surface area contributed by atoms with Gasteiger partial charge in [-0.25, -0.2) is 0 Å². The number of hydrogen-bond donors (Lipinski definition) is 3. The molecule has 0 fully saturated rings. The smallest absolute Gasteiger partial charge is 0.161 e. The number of nitrogen functional groups attached to an aromatic ring is 1. The first-order valence-corrected chi connectivity index (χ1v) is 4.70. The Labute approximate surface area is 92.5 Å². The normalized spacial score (nSPS) is 10.0. The summed E-state index contributed by atoms with van der Waals surface area (Å²) in [6.07, 6.45) is 0. The van der Waals surface area contributed by atoms with Gasteiger partial charge in [0, 0.05) is 11.8 Å². The Kier molecular flexibility index (Phi) is 2.55. The summed E-state index contributed by atoms with van der Waals surface area (Å²) in [6, 6.07) is 11.1. The number of rotatable bonds is 2. The lowest BCUT2D eigenvalue weighted by Gasteiger charge is -2.06. The van der Waals surface area contributed by atoms with E-state index in [1.54, 1.807) is 30.3 Å². The maximum absolute atomic E-state index is 9.27. The molecule has 0 unspecified atom stereocenters. The van der Waals surface area contributed by atoms with Crippen LogP contribution in [0.3, 0.4) is 0 Å². The van der Waals surface area contributed by atoms with Crippen molar-refractivity contribution in [3.05, 3.63) is 42.5 Å². The number of ether oxygens (including phenoxy) is 1. The van der Waals surface area contributed by atoms with Crippen molar-refractivity contribution in [2.45, 2.75) is 0 Å². The monoisotopic (exact) mass is 217 g/mol. The molecule has 0 amide bonds. The molecule has 4 heteroatoms. The second kappa shape index (κ2) is 4.02. The molecule has 0 bridgehead atoms. The standard InChI is InChI=1S/C12H11NO3/c13-8-1-3-9(4-2-8)16-10-5-6-11(14)12(15)7-10/h1-7,14-15H,13H2. The lowest BCUT2D eigenvalue weighted by Crippen LogP contribution is -1.86. The summed E-state index contributed by atoms with van der Waals surface area (Å²) in [6.45, 7) is 0. The highest BCUT2D eigenvalue weighted by Gasteiger charge is 2.02. The fraction of sp³-hybridized carbons (Fsp3) is 0. The molecule has 2 aromatic rings. The zero-order chi connectivity index (χ0) is 11.5. The van der Waals surface area contributed by atoms with Crippen molar-refractivity contribution < 1.29 is 14.9 Å². The van der Waals surface area contributed by atoms with Crippen LogP contribution in [-0.4, -0.2) is 10.2 Å². The highest BCUT2D eigenvalue weighted by Crippen LogP contribution is 2.31. The maximum atomic E-state index is 9.27. The van der Waals surface area contributed by atoms with Gasteiger partial charge in [-0.2, -0.15) is 0 Å². The van der Waals surface area contributed by atoms with Crippen molar-refractivity contribution >= 4 is 5.69 Å². The topological polar surface area (TPSA) is 75.7 Å². The molecule has 0 aliphatic carbocycles. The van der Waals surface area contributed by atoms with Gasteiger partial charge in [0.1, 0.15) is 11.5 Å². The van der Waals surface area contributed by atoms with Crippen LogP contribution in [0.4, 0.5) is 5.69 Å². The molecule has 0 spiro atoms. The van der Waals surface area contributed by atoms with E-state index in [2.05, 4.69) is 0 Å². The minimum absolute atomic E-state index is 0.176. The molecule has 82 valence electrons. The molecule has 0 atom stereocenters. The third-order valence-electron chi connectivity index (χ3n) is 2.06. The Balaban J connectivity index is 2.20. The fourth-order valence-corrected chi connectivity index (χ4v) is 1.24. The Morgan fingerprint density at radius 1 is 0.812 bits per heavy atom. The Morgan fingerprint density at radius 2 is 1.44 bits per heavy atom. The van der Waals surface area contributed by atoms with Crippen molar-refractivity contribution in [3.63, 3.8) is 0 Å². The molecule has 2 aromatic carbocycles. The lowest BCUT2D eigenvalue weighted by atomic mass is 10.3. The van der Waals surface area contributed by atoms with E-state index in [1.165, 1.54) is 12.1 Å². The first-order chi connectivity index (χ1) is 7.65. The van der Waals surface area contributed by atoms with E-state index in [0.717, 1.165) is 0 Å². The van der Waals surface area contributed by atoms with Crippen LogP contribution in [0.5, 0.6) is 23.0 Å². The largest absolute Gasteiger partial charge is 0.504 e. The average molecular weight is 217 g/mol. The number of benzene rings is 2. The number of hydrogen-bond acceptors (Lipinski definition) is 4. The van der Waals surface area contributed by atoms with Gasteiger partial charge in [0.2, 0.25) is 0 Å². The third kappa shape index (κ3) is 2.17. The summed E-state index contributed by atoms with van der Waals surface area (Å²) in [5.74, 6) is 0.664. The van der Waals surface area contributed by atoms with Crippen molar-refractivity contribution in [1.82, 2.24) is 0 Å². The van der Waals surface area contributed by atoms with Gasteiger partial charge >= 0.3 is 0 Å². The number of phenols is 2. The summed E-state index contributed by atoms with van der Waals surface area (Å²) in [7, 11) is 0. The molecule has 0 saturated carbocycles. The highest BCUT2D eigenvalue weighted by atomic mass is 16.5. The van der Waals surface area contributed by atoms with Gasteiger partial charge in [-0.3, -0.25) is 0 Å². The molecule has 0 heterocycles. The molecule has 4 N–H and O–H groups in total. The molecule has 4 nitrogen and oxygen atoms in total. The van der Waals surface area contributed by atoms with E-state index in [9.17, 15) is 5.11 Å². The van der Waals surface area contributed by atoms with Gasteiger partial charge in [-0.05, 0) is 36.4 Å². The van der Waals surface area contributed by atoms with Gasteiger partial charge in [0.05, 0.1) is 0 Å². The molecule has 0 radical (unpaired) electrons. The van der Waals surface area contributed by atoms with E-state index in [0.29, 0.717) is 17.2 Å². The average Bonchev–Trinajstić information content (AvgIpc) is 2.27. The SMILES string of the molecule is Nc1ccc(Oc2ccc(O)c(O)c2)cc1. The Hall–Kier alpha value is -2.36. The molecule has 0 saturated heterocycles. The summed E-state index contributed by atoms with van der Waals surface area (Å²) in [5.41, 5.74) is 6.19.